The van der Waals surface area contributed by atoms with E-state index in [4.69, 9.17) is 0 Å². The largest absolute Gasteiger partial charge is 0.333 e. The predicted molar refractivity (Wildman–Crippen MR) is 116 cm³/mol. The fourth-order valence-electron chi connectivity index (χ4n) is 4.35. The second-order valence-corrected chi connectivity index (χ2v) is 9.69. The van der Waals surface area contributed by atoms with Crippen LogP contribution >= 0.6 is 0 Å². The van der Waals surface area contributed by atoms with Crippen molar-refractivity contribution in [3.05, 3.63) is 71.1 Å². The third kappa shape index (κ3) is 4.04. The van der Waals surface area contributed by atoms with Gasteiger partial charge in [-0.15, -0.1) is 0 Å². The van der Waals surface area contributed by atoms with Crippen molar-refractivity contribution in [2.75, 3.05) is 0 Å². The van der Waals surface area contributed by atoms with Gasteiger partial charge in [0.2, 0.25) is 0 Å². The zero-order valence-electron chi connectivity index (χ0n) is 17.7. The number of halogens is 2. The van der Waals surface area contributed by atoms with E-state index in [-0.39, 0.29) is 27.9 Å². The average molecular weight is 460 g/mol. The Morgan fingerprint density at radius 1 is 1.09 bits per heavy atom. The molecule has 9 heteroatoms. The number of carbonyl (C=O) groups is 1. The quantitative estimate of drug-likeness (QED) is 0.611. The summed E-state index contributed by atoms with van der Waals surface area (Å²) in [4.78, 5) is 16.9. The molecule has 1 aliphatic carbocycles. The van der Waals surface area contributed by atoms with E-state index < -0.39 is 27.6 Å². The molecule has 0 bridgehead atoms. The van der Waals surface area contributed by atoms with E-state index in [2.05, 4.69) is 9.71 Å². The van der Waals surface area contributed by atoms with Crippen molar-refractivity contribution in [1.82, 2.24) is 14.3 Å². The van der Waals surface area contributed by atoms with Crippen molar-refractivity contribution in [2.45, 2.75) is 43.4 Å². The molecule has 0 unspecified atom stereocenters. The molecule has 1 aliphatic rings. The third-order valence-corrected chi connectivity index (χ3v) is 7.38. The number of carbonyl (C=O) groups excluding carboxylic acids is 1. The number of nitrogens with one attached hydrogen (secondary N) is 1. The Morgan fingerprint density at radius 3 is 2.38 bits per heavy atom. The van der Waals surface area contributed by atoms with Gasteiger partial charge in [-0.25, -0.2) is 26.9 Å². The van der Waals surface area contributed by atoms with Gasteiger partial charge in [0.05, 0.1) is 10.5 Å². The van der Waals surface area contributed by atoms with Gasteiger partial charge < -0.3 is 4.57 Å². The SMILES string of the molecule is Cc1cccc(C2CCCC2)c1S(=O)(=O)NC(=O)c1cn(C)c(-c2c(F)cccc2F)n1. The summed E-state index contributed by atoms with van der Waals surface area (Å²) >= 11 is 0. The van der Waals surface area contributed by atoms with E-state index in [0.29, 0.717) is 11.1 Å². The summed E-state index contributed by atoms with van der Waals surface area (Å²) in [7, 11) is -2.72. The lowest BCUT2D eigenvalue weighted by Crippen LogP contribution is -2.32. The van der Waals surface area contributed by atoms with Gasteiger partial charge in [-0.05, 0) is 48.9 Å². The minimum Gasteiger partial charge on any atom is -0.333 e. The molecule has 1 N–H and O–H groups in total. The second-order valence-electron chi connectivity index (χ2n) is 8.07. The van der Waals surface area contributed by atoms with Gasteiger partial charge in [0.1, 0.15) is 23.2 Å². The normalized spacial score (nSPS) is 14.6. The smallest absolute Gasteiger partial charge is 0.285 e. The van der Waals surface area contributed by atoms with Crippen LogP contribution in [-0.2, 0) is 17.1 Å². The van der Waals surface area contributed by atoms with Crippen molar-refractivity contribution < 1.29 is 22.0 Å². The molecule has 1 amide bonds. The minimum absolute atomic E-state index is 0.108. The first-order valence-corrected chi connectivity index (χ1v) is 11.8. The molecule has 2 aromatic carbocycles. The molecular weight excluding hydrogens is 436 g/mol. The number of imidazole rings is 1. The number of rotatable bonds is 5. The van der Waals surface area contributed by atoms with Crippen LogP contribution in [0.4, 0.5) is 8.78 Å². The summed E-state index contributed by atoms with van der Waals surface area (Å²) in [6.45, 7) is 1.69. The van der Waals surface area contributed by atoms with Crippen molar-refractivity contribution in [3.8, 4) is 11.4 Å². The highest BCUT2D eigenvalue weighted by Gasteiger charge is 2.30. The van der Waals surface area contributed by atoms with Crippen LogP contribution in [0.15, 0.2) is 47.5 Å². The van der Waals surface area contributed by atoms with E-state index in [9.17, 15) is 22.0 Å². The van der Waals surface area contributed by atoms with Crippen LogP contribution in [0.2, 0.25) is 0 Å². The summed E-state index contributed by atoms with van der Waals surface area (Å²) in [6, 6.07) is 8.69. The summed E-state index contributed by atoms with van der Waals surface area (Å²) in [6.07, 6.45) is 5.11. The van der Waals surface area contributed by atoms with Crippen molar-refractivity contribution in [2.24, 2.45) is 7.05 Å². The maximum absolute atomic E-state index is 14.2. The lowest BCUT2D eigenvalue weighted by Gasteiger charge is -2.18. The number of sulfonamides is 1. The first-order valence-electron chi connectivity index (χ1n) is 10.3. The number of hydrogen-bond acceptors (Lipinski definition) is 4. The molecule has 0 radical (unpaired) electrons. The molecule has 6 nitrogen and oxygen atoms in total. The molecule has 0 aliphatic heterocycles. The van der Waals surface area contributed by atoms with Crippen LogP contribution in [0, 0.1) is 18.6 Å². The molecule has 1 heterocycles. The Hall–Kier alpha value is -3.07. The Bertz CT molecular complexity index is 1280. The van der Waals surface area contributed by atoms with Crippen LogP contribution in [0.3, 0.4) is 0 Å². The van der Waals surface area contributed by atoms with Crippen LogP contribution < -0.4 is 4.72 Å². The highest BCUT2D eigenvalue weighted by atomic mass is 32.2. The molecule has 4 rings (SSSR count). The van der Waals surface area contributed by atoms with E-state index in [0.717, 1.165) is 37.8 Å². The predicted octanol–water partition coefficient (Wildman–Crippen LogP) is 4.45. The molecule has 1 fully saturated rings. The van der Waals surface area contributed by atoms with Gasteiger partial charge in [-0.3, -0.25) is 4.79 Å². The molecule has 32 heavy (non-hydrogen) atoms. The van der Waals surface area contributed by atoms with Crippen LogP contribution in [0.1, 0.15) is 53.2 Å². The Morgan fingerprint density at radius 2 is 1.72 bits per heavy atom. The van der Waals surface area contributed by atoms with Gasteiger partial charge in [-0.2, -0.15) is 0 Å². The van der Waals surface area contributed by atoms with E-state index in [1.807, 2.05) is 6.07 Å². The Balaban J connectivity index is 1.67. The monoisotopic (exact) mass is 459 g/mol. The van der Waals surface area contributed by atoms with E-state index >= 15 is 0 Å². The zero-order chi connectivity index (χ0) is 23.0. The lowest BCUT2D eigenvalue weighted by molar-refractivity contribution is 0.0977. The molecule has 0 saturated heterocycles. The molecular formula is C23H23F2N3O3S. The summed E-state index contributed by atoms with van der Waals surface area (Å²) in [5, 5.41) is 0. The van der Waals surface area contributed by atoms with Crippen LogP contribution in [0.5, 0.6) is 0 Å². The number of amides is 1. The fourth-order valence-corrected chi connectivity index (χ4v) is 5.83. The van der Waals surface area contributed by atoms with E-state index in [1.54, 1.807) is 19.1 Å². The molecule has 1 saturated carbocycles. The third-order valence-electron chi connectivity index (χ3n) is 5.83. The van der Waals surface area contributed by atoms with E-state index in [1.165, 1.54) is 23.9 Å². The van der Waals surface area contributed by atoms with Gasteiger partial charge in [0.15, 0.2) is 0 Å². The highest BCUT2D eigenvalue weighted by molar-refractivity contribution is 7.90. The van der Waals surface area contributed by atoms with Crippen molar-refractivity contribution >= 4 is 15.9 Å². The maximum atomic E-state index is 14.2. The van der Waals surface area contributed by atoms with Crippen LogP contribution in [0.25, 0.3) is 11.4 Å². The summed E-state index contributed by atoms with van der Waals surface area (Å²) < 4.78 is 58.1. The molecule has 0 atom stereocenters. The van der Waals surface area contributed by atoms with Crippen molar-refractivity contribution in [3.63, 3.8) is 0 Å². The fraction of sp³-hybridized carbons (Fsp3) is 0.304. The first kappa shape index (κ1) is 22.1. The number of nitrogens with zero attached hydrogens (tertiary/aromatic N) is 2. The Labute approximate surface area is 185 Å². The number of benzene rings is 2. The minimum atomic E-state index is -4.19. The van der Waals surface area contributed by atoms with Crippen LogP contribution in [-0.4, -0.2) is 23.9 Å². The molecule has 1 aromatic heterocycles. The summed E-state index contributed by atoms with van der Waals surface area (Å²) in [5.74, 6) is -2.63. The number of aryl methyl sites for hydroxylation is 2. The van der Waals surface area contributed by atoms with Crippen molar-refractivity contribution in [1.29, 1.82) is 0 Å². The number of aromatic nitrogens is 2. The number of hydrogen-bond donors (Lipinski definition) is 1. The lowest BCUT2D eigenvalue weighted by atomic mass is 9.96. The van der Waals surface area contributed by atoms with Gasteiger partial charge in [0.25, 0.3) is 15.9 Å². The topological polar surface area (TPSA) is 81.1 Å². The molecule has 3 aromatic rings. The maximum Gasteiger partial charge on any atom is 0.285 e. The second kappa shape index (κ2) is 8.46. The first-order chi connectivity index (χ1) is 15.2. The average Bonchev–Trinajstić information content (AvgIpc) is 3.38. The molecule has 168 valence electrons. The zero-order valence-corrected chi connectivity index (χ0v) is 18.5. The summed E-state index contributed by atoms with van der Waals surface area (Å²) in [5.41, 5.74) is 0.604. The molecule has 0 spiro atoms. The van der Waals surface area contributed by atoms with Gasteiger partial charge in [0, 0.05) is 13.2 Å². The standard InChI is InChI=1S/C23H23F2N3O3S/c1-14-7-5-10-16(15-8-3-4-9-15)21(14)32(30,31)27-23(29)19-13-28(2)22(26-19)20-17(24)11-6-12-18(20)25/h5-7,10-13,15H,3-4,8-9H2,1-2H3,(H,27,29). The van der Waals surface area contributed by atoms with Gasteiger partial charge >= 0.3 is 0 Å². The Kier molecular flexibility index (Phi) is 5.85. The van der Waals surface area contributed by atoms with Gasteiger partial charge in [-0.1, -0.05) is 37.1 Å². The highest BCUT2D eigenvalue weighted by Crippen LogP contribution is 2.38.